The first-order valence-electron chi connectivity index (χ1n) is 8.93. The molecule has 1 fully saturated rings. The highest BCUT2D eigenvalue weighted by molar-refractivity contribution is 8.14. The van der Waals surface area contributed by atoms with Crippen LogP contribution in [0.25, 0.3) is 4.85 Å². The maximum Gasteiger partial charge on any atom is 0.187 e. The van der Waals surface area contributed by atoms with Crippen LogP contribution in [-0.4, -0.2) is 28.4 Å². The van der Waals surface area contributed by atoms with Crippen molar-refractivity contribution in [1.82, 2.24) is 4.90 Å². The molecule has 1 heterocycles. The Morgan fingerprint density at radius 2 is 2.04 bits per heavy atom. The van der Waals surface area contributed by atoms with E-state index < -0.39 is 0 Å². The Hall–Kier alpha value is -1.47. The topological polar surface area (TPSA) is 20.0 Å². The number of amidine groups is 1. The maximum absolute atomic E-state index is 7.19. The van der Waals surface area contributed by atoms with Gasteiger partial charge >= 0.3 is 0 Å². The predicted octanol–water partition coefficient (Wildman–Crippen LogP) is 5.91. The second-order valence-corrected chi connectivity index (χ2v) is 8.30. The molecule has 1 saturated heterocycles. The van der Waals surface area contributed by atoms with E-state index in [-0.39, 0.29) is 0 Å². The monoisotopic (exact) mass is 343 g/mol. The van der Waals surface area contributed by atoms with Crippen molar-refractivity contribution in [2.75, 3.05) is 12.3 Å². The van der Waals surface area contributed by atoms with Crippen LogP contribution in [0.4, 0.5) is 11.4 Å². The highest BCUT2D eigenvalue weighted by Crippen LogP contribution is 2.33. The van der Waals surface area contributed by atoms with Gasteiger partial charge in [-0.05, 0) is 36.3 Å². The molecular weight excluding hydrogens is 314 g/mol. The van der Waals surface area contributed by atoms with Gasteiger partial charge in [-0.15, -0.1) is 0 Å². The number of thioether (sulfide) groups is 1. The van der Waals surface area contributed by atoms with Crippen LogP contribution >= 0.6 is 11.8 Å². The molecule has 3 nitrogen and oxygen atoms in total. The summed E-state index contributed by atoms with van der Waals surface area (Å²) in [6, 6.07) is 6.44. The van der Waals surface area contributed by atoms with Crippen LogP contribution in [0.3, 0.4) is 0 Å². The molecule has 0 unspecified atom stereocenters. The van der Waals surface area contributed by atoms with Gasteiger partial charge in [0.25, 0.3) is 0 Å². The van der Waals surface area contributed by atoms with Crippen LogP contribution in [0.1, 0.15) is 46.6 Å². The van der Waals surface area contributed by atoms with Gasteiger partial charge in [0.15, 0.2) is 10.9 Å². The lowest BCUT2D eigenvalue weighted by molar-refractivity contribution is 0.279. The first-order chi connectivity index (χ1) is 11.4. The van der Waals surface area contributed by atoms with Crippen LogP contribution in [0.5, 0.6) is 0 Å². The molecule has 1 aliphatic heterocycles. The van der Waals surface area contributed by atoms with Crippen LogP contribution in [0.15, 0.2) is 23.2 Å². The van der Waals surface area contributed by atoms with E-state index in [4.69, 9.17) is 11.6 Å². The van der Waals surface area contributed by atoms with E-state index in [1.54, 1.807) is 0 Å². The summed E-state index contributed by atoms with van der Waals surface area (Å²) >= 11 is 1.88. The Kier molecular flexibility index (Phi) is 6.74. The third-order valence-corrected chi connectivity index (χ3v) is 5.32. The van der Waals surface area contributed by atoms with E-state index in [9.17, 15) is 0 Å². The first kappa shape index (κ1) is 18.9. The minimum Gasteiger partial charge on any atom is -0.347 e. The molecule has 130 valence electrons. The lowest BCUT2D eigenvalue weighted by Crippen LogP contribution is -2.37. The molecule has 2 rings (SSSR count). The van der Waals surface area contributed by atoms with Gasteiger partial charge in [-0.3, -0.25) is 0 Å². The third kappa shape index (κ3) is 4.77. The molecule has 1 aliphatic rings. The zero-order valence-corrected chi connectivity index (χ0v) is 16.4. The van der Waals surface area contributed by atoms with Crippen LogP contribution in [0.2, 0.25) is 0 Å². The summed E-state index contributed by atoms with van der Waals surface area (Å²) in [5.41, 5.74) is 2.88. The highest BCUT2D eigenvalue weighted by atomic mass is 32.2. The molecule has 4 heteroatoms. The van der Waals surface area contributed by atoms with Crippen LogP contribution in [0, 0.1) is 18.4 Å². The van der Waals surface area contributed by atoms with Gasteiger partial charge in [0.2, 0.25) is 0 Å². The number of hydrogen-bond acceptors (Lipinski definition) is 2. The summed E-state index contributed by atoms with van der Waals surface area (Å²) in [7, 11) is 0. The summed E-state index contributed by atoms with van der Waals surface area (Å²) in [6.07, 6.45) is 2.12. The second kappa shape index (κ2) is 8.58. The largest absolute Gasteiger partial charge is 0.347 e. The average Bonchev–Trinajstić information content (AvgIpc) is 2.88. The zero-order valence-electron chi connectivity index (χ0n) is 15.5. The Labute approximate surface area is 151 Å². The summed E-state index contributed by atoms with van der Waals surface area (Å²) in [4.78, 5) is 11.0. The fourth-order valence-electron chi connectivity index (χ4n) is 3.09. The average molecular weight is 344 g/mol. The highest BCUT2D eigenvalue weighted by Gasteiger charge is 2.31. The zero-order chi connectivity index (χ0) is 17.7. The van der Waals surface area contributed by atoms with Gasteiger partial charge in [-0.2, -0.15) is 0 Å². The minimum absolute atomic E-state index is 0.587. The van der Waals surface area contributed by atoms with E-state index in [0.29, 0.717) is 23.6 Å². The molecule has 0 radical (unpaired) electrons. The summed E-state index contributed by atoms with van der Waals surface area (Å²) in [6.45, 7) is 19.5. The van der Waals surface area contributed by atoms with E-state index in [1.807, 2.05) is 30.0 Å². The van der Waals surface area contributed by atoms with Gasteiger partial charge < -0.3 is 4.90 Å². The molecule has 0 aliphatic carbocycles. The smallest absolute Gasteiger partial charge is 0.187 e. The van der Waals surface area contributed by atoms with Crippen molar-refractivity contribution in [2.24, 2.45) is 16.8 Å². The van der Waals surface area contributed by atoms with Gasteiger partial charge in [0, 0.05) is 18.3 Å². The Morgan fingerprint density at radius 1 is 1.29 bits per heavy atom. The predicted molar refractivity (Wildman–Crippen MR) is 106 cm³/mol. The molecule has 0 amide bonds. The lowest BCUT2D eigenvalue weighted by atomic mass is 10.0. The van der Waals surface area contributed by atoms with Crippen molar-refractivity contribution < 1.29 is 0 Å². The first-order valence-corrected chi connectivity index (χ1v) is 9.91. The SMILES string of the molecule is [C-]#[N+]c1ccc(N=C2SC[C@H](CC(C)C)N2CC(C)C)c(CC)c1. The van der Waals surface area contributed by atoms with E-state index in [1.165, 1.54) is 6.42 Å². The number of hydrogen-bond donors (Lipinski definition) is 0. The summed E-state index contributed by atoms with van der Waals surface area (Å²) < 4.78 is 0. The minimum atomic E-state index is 0.587. The Morgan fingerprint density at radius 3 is 2.62 bits per heavy atom. The van der Waals surface area contributed by atoms with Crippen molar-refractivity contribution in [2.45, 2.75) is 53.5 Å². The van der Waals surface area contributed by atoms with Crippen molar-refractivity contribution in [3.63, 3.8) is 0 Å². The molecule has 24 heavy (non-hydrogen) atoms. The molecule has 0 bridgehead atoms. The normalized spacial score (nSPS) is 19.5. The number of aryl methyl sites for hydroxylation is 1. The van der Waals surface area contributed by atoms with Gasteiger partial charge in [0.05, 0.1) is 12.3 Å². The Bertz CT molecular complexity index is 628. The Balaban J connectivity index is 2.31. The quantitative estimate of drug-likeness (QED) is 0.599. The van der Waals surface area contributed by atoms with E-state index in [0.717, 1.165) is 35.1 Å². The molecule has 0 saturated carbocycles. The van der Waals surface area contributed by atoms with Crippen molar-refractivity contribution in [1.29, 1.82) is 0 Å². The van der Waals surface area contributed by atoms with Gasteiger partial charge in [-0.1, -0.05) is 58.5 Å². The number of aliphatic imine (C=N–C) groups is 1. The maximum atomic E-state index is 7.19. The molecular formula is C20H29N3S. The molecule has 1 atom stereocenters. The second-order valence-electron chi connectivity index (χ2n) is 7.31. The molecule has 1 aromatic rings. The molecule has 0 spiro atoms. The van der Waals surface area contributed by atoms with Gasteiger partial charge in [-0.25, -0.2) is 9.84 Å². The standard InChI is InChI=1S/C20H29N3S/c1-7-16-11-17(21-6)8-9-19(16)22-20-23(12-15(4)5)18(13-24-20)10-14(2)3/h8-9,11,14-15,18H,7,10,12-13H2,1-5H3/t18-/m0/s1. The fourth-order valence-corrected chi connectivity index (χ4v) is 4.30. The fraction of sp³-hybridized carbons (Fsp3) is 0.600. The number of nitrogens with zero attached hydrogens (tertiary/aromatic N) is 3. The van der Waals surface area contributed by atoms with Gasteiger partial charge in [0.1, 0.15) is 0 Å². The van der Waals surface area contributed by atoms with Crippen LogP contribution in [-0.2, 0) is 6.42 Å². The number of benzene rings is 1. The lowest BCUT2D eigenvalue weighted by Gasteiger charge is -2.29. The molecule has 0 N–H and O–H groups in total. The summed E-state index contributed by atoms with van der Waals surface area (Å²) in [5.74, 6) is 2.46. The van der Waals surface area contributed by atoms with Crippen molar-refractivity contribution >= 4 is 28.3 Å². The third-order valence-electron chi connectivity index (χ3n) is 4.19. The molecule has 1 aromatic carbocycles. The molecule has 0 aromatic heterocycles. The summed E-state index contributed by atoms with van der Waals surface area (Å²) in [5, 5.41) is 1.15. The van der Waals surface area contributed by atoms with E-state index in [2.05, 4.69) is 44.4 Å². The van der Waals surface area contributed by atoms with Crippen molar-refractivity contribution in [3.05, 3.63) is 35.2 Å². The van der Waals surface area contributed by atoms with Crippen molar-refractivity contribution in [3.8, 4) is 0 Å². The van der Waals surface area contributed by atoms with Crippen LogP contribution < -0.4 is 0 Å². The number of rotatable bonds is 6. The van der Waals surface area contributed by atoms with E-state index >= 15 is 0 Å².